The summed E-state index contributed by atoms with van der Waals surface area (Å²) in [6.45, 7) is 1.39. The zero-order valence-electron chi connectivity index (χ0n) is 11.3. The summed E-state index contributed by atoms with van der Waals surface area (Å²) in [4.78, 5) is 8.76. The molecule has 0 amide bonds. The van der Waals surface area contributed by atoms with Crippen molar-refractivity contribution in [3.63, 3.8) is 0 Å². The fourth-order valence-corrected chi connectivity index (χ4v) is 2.44. The van der Waals surface area contributed by atoms with Crippen LogP contribution in [0.4, 0.5) is 11.6 Å². The van der Waals surface area contributed by atoms with Gasteiger partial charge in [0.25, 0.3) is 0 Å². The topological polar surface area (TPSA) is 79.3 Å². The van der Waals surface area contributed by atoms with Gasteiger partial charge in [-0.05, 0) is 19.1 Å². The van der Waals surface area contributed by atoms with Gasteiger partial charge in [-0.25, -0.2) is 9.97 Å². The molecule has 1 aromatic rings. The van der Waals surface area contributed by atoms with Crippen molar-refractivity contribution >= 4 is 23.4 Å². The fourth-order valence-electron chi connectivity index (χ4n) is 2.06. The molecule has 2 rings (SSSR count). The van der Waals surface area contributed by atoms with E-state index in [1.54, 1.807) is 0 Å². The average molecular weight is 284 g/mol. The number of aromatic nitrogens is 2. The number of hydrogen-bond acceptors (Lipinski definition) is 7. The van der Waals surface area contributed by atoms with Crippen LogP contribution in [0.15, 0.2) is 11.2 Å². The largest absolute Gasteiger partial charge is 0.394 e. The zero-order chi connectivity index (χ0) is 13.7. The molecule has 1 aliphatic rings. The maximum atomic E-state index is 9.67. The van der Waals surface area contributed by atoms with Gasteiger partial charge in [-0.15, -0.1) is 0 Å². The van der Waals surface area contributed by atoms with E-state index in [0.29, 0.717) is 18.4 Å². The molecule has 0 spiro atoms. The Balaban J connectivity index is 2.20. The maximum absolute atomic E-state index is 9.67. The average Bonchev–Trinajstić information content (AvgIpc) is 2.47. The fraction of sp³-hybridized carbons (Fsp3) is 0.667. The molecule has 3 N–H and O–H groups in total. The zero-order valence-corrected chi connectivity index (χ0v) is 12.1. The van der Waals surface area contributed by atoms with Crippen molar-refractivity contribution in [1.82, 2.24) is 9.97 Å². The van der Waals surface area contributed by atoms with Crippen molar-refractivity contribution in [1.29, 1.82) is 0 Å². The molecule has 2 heterocycles. The Bertz CT molecular complexity index is 402. The Kier molecular flexibility index (Phi) is 4.84. The molecule has 1 saturated heterocycles. The van der Waals surface area contributed by atoms with E-state index in [-0.39, 0.29) is 12.1 Å². The van der Waals surface area contributed by atoms with E-state index in [2.05, 4.69) is 20.6 Å². The molecule has 1 fully saturated rings. The van der Waals surface area contributed by atoms with Crippen LogP contribution in [-0.4, -0.2) is 53.7 Å². The highest BCUT2D eigenvalue weighted by atomic mass is 32.2. The van der Waals surface area contributed by atoms with Crippen molar-refractivity contribution in [2.24, 2.45) is 0 Å². The molecular weight excluding hydrogens is 264 g/mol. The number of aliphatic hydroxyl groups is 1. The number of anilines is 2. The van der Waals surface area contributed by atoms with Crippen LogP contribution >= 0.6 is 11.8 Å². The van der Waals surface area contributed by atoms with Crippen molar-refractivity contribution in [3.05, 3.63) is 6.07 Å². The molecule has 1 aromatic heterocycles. The third kappa shape index (κ3) is 3.49. The molecule has 0 unspecified atom stereocenters. The minimum absolute atomic E-state index is 0.0733. The first kappa shape index (κ1) is 14.4. The van der Waals surface area contributed by atoms with E-state index in [1.165, 1.54) is 11.8 Å². The van der Waals surface area contributed by atoms with Crippen molar-refractivity contribution < 1.29 is 9.84 Å². The summed E-state index contributed by atoms with van der Waals surface area (Å²) < 4.78 is 5.35. The minimum atomic E-state index is -0.340. The Hall–Kier alpha value is -1.05. The van der Waals surface area contributed by atoms with Crippen LogP contribution in [0, 0.1) is 0 Å². The lowest BCUT2D eigenvalue weighted by molar-refractivity contribution is 0.0378. The molecule has 7 heteroatoms. The first-order valence-electron chi connectivity index (χ1n) is 6.29. The Labute approximate surface area is 117 Å². The van der Waals surface area contributed by atoms with Gasteiger partial charge in [-0.1, -0.05) is 11.8 Å². The van der Waals surface area contributed by atoms with E-state index in [9.17, 15) is 5.11 Å². The molecule has 106 valence electrons. The lowest BCUT2D eigenvalue weighted by Gasteiger charge is -2.36. The van der Waals surface area contributed by atoms with E-state index >= 15 is 0 Å². The van der Waals surface area contributed by atoms with Crippen molar-refractivity contribution in [2.45, 2.75) is 23.5 Å². The van der Waals surface area contributed by atoms with E-state index in [4.69, 9.17) is 4.74 Å². The Morgan fingerprint density at radius 3 is 2.63 bits per heavy atom. The molecule has 0 atom stereocenters. The summed E-state index contributed by atoms with van der Waals surface area (Å²) in [6, 6.07) is 1.85. The number of aliphatic hydroxyl groups excluding tert-OH is 1. The third-order valence-corrected chi connectivity index (χ3v) is 3.84. The number of rotatable bonds is 5. The molecule has 1 aliphatic heterocycles. The second kappa shape index (κ2) is 6.40. The van der Waals surface area contributed by atoms with E-state index in [0.717, 1.165) is 24.5 Å². The number of nitrogens with zero attached hydrogens (tertiary/aromatic N) is 2. The first-order chi connectivity index (χ1) is 9.21. The van der Waals surface area contributed by atoms with Gasteiger partial charge in [0.2, 0.25) is 0 Å². The molecule has 0 aliphatic carbocycles. The van der Waals surface area contributed by atoms with Gasteiger partial charge in [-0.3, -0.25) is 0 Å². The predicted molar refractivity (Wildman–Crippen MR) is 76.9 cm³/mol. The highest BCUT2D eigenvalue weighted by Gasteiger charge is 2.32. The van der Waals surface area contributed by atoms with Crippen LogP contribution in [0.25, 0.3) is 0 Å². The second-order valence-electron chi connectivity index (χ2n) is 4.55. The van der Waals surface area contributed by atoms with Crippen molar-refractivity contribution in [3.8, 4) is 0 Å². The quantitative estimate of drug-likeness (QED) is 0.553. The highest BCUT2D eigenvalue weighted by molar-refractivity contribution is 7.98. The molecule has 0 saturated carbocycles. The Morgan fingerprint density at radius 2 is 2.05 bits per heavy atom. The van der Waals surface area contributed by atoms with Gasteiger partial charge in [0, 0.05) is 26.3 Å². The van der Waals surface area contributed by atoms with Gasteiger partial charge < -0.3 is 20.5 Å². The first-order valence-corrected chi connectivity index (χ1v) is 7.51. The van der Waals surface area contributed by atoms with E-state index in [1.807, 2.05) is 19.4 Å². The van der Waals surface area contributed by atoms with Gasteiger partial charge in [0.15, 0.2) is 5.16 Å². The van der Waals surface area contributed by atoms with Crippen LogP contribution in [0.3, 0.4) is 0 Å². The molecule has 6 nitrogen and oxygen atoms in total. The molecule has 0 radical (unpaired) electrons. The summed E-state index contributed by atoms with van der Waals surface area (Å²) in [5.41, 5.74) is -0.340. The van der Waals surface area contributed by atoms with Gasteiger partial charge in [0.1, 0.15) is 11.6 Å². The molecule has 19 heavy (non-hydrogen) atoms. The maximum Gasteiger partial charge on any atom is 0.191 e. The summed E-state index contributed by atoms with van der Waals surface area (Å²) in [5.74, 6) is 1.50. The van der Waals surface area contributed by atoms with Gasteiger partial charge in [0.05, 0.1) is 12.1 Å². The molecule has 0 bridgehead atoms. The monoisotopic (exact) mass is 284 g/mol. The number of hydrogen-bond donors (Lipinski definition) is 3. The van der Waals surface area contributed by atoms with Crippen LogP contribution in [-0.2, 0) is 4.74 Å². The van der Waals surface area contributed by atoms with Crippen LogP contribution in [0.1, 0.15) is 12.8 Å². The summed E-state index contributed by atoms with van der Waals surface area (Å²) in [7, 11) is 1.83. The minimum Gasteiger partial charge on any atom is -0.394 e. The second-order valence-corrected chi connectivity index (χ2v) is 5.32. The smallest absolute Gasteiger partial charge is 0.191 e. The highest BCUT2D eigenvalue weighted by Crippen LogP contribution is 2.26. The lowest BCUT2D eigenvalue weighted by atomic mass is 9.91. The lowest BCUT2D eigenvalue weighted by Crippen LogP contribution is -2.47. The number of thioether (sulfide) groups is 1. The summed E-state index contributed by atoms with van der Waals surface area (Å²) >= 11 is 1.49. The van der Waals surface area contributed by atoms with Crippen LogP contribution < -0.4 is 10.6 Å². The van der Waals surface area contributed by atoms with Gasteiger partial charge >= 0.3 is 0 Å². The number of ether oxygens (including phenoxy) is 1. The van der Waals surface area contributed by atoms with Crippen LogP contribution in [0.5, 0.6) is 0 Å². The number of nitrogens with one attached hydrogen (secondary N) is 2. The Morgan fingerprint density at radius 1 is 1.37 bits per heavy atom. The normalized spacial score (nSPS) is 18.1. The van der Waals surface area contributed by atoms with Crippen LogP contribution in [0.2, 0.25) is 0 Å². The summed E-state index contributed by atoms with van der Waals surface area (Å²) in [6.07, 6.45) is 3.49. The molecule has 0 aromatic carbocycles. The standard InChI is InChI=1S/C12H20N4O2S/c1-13-9-7-10(15-11(14-9)19-2)16-12(8-17)3-5-18-6-4-12/h7,17H,3-6,8H2,1-2H3,(H2,13,14,15,16). The van der Waals surface area contributed by atoms with E-state index < -0.39 is 0 Å². The third-order valence-electron chi connectivity index (χ3n) is 3.29. The van der Waals surface area contributed by atoms with Crippen molar-refractivity contribution in [2.75, 3.05) is 43.8 Å². The molecular formula is C12H20N4O2S. The predicted octanol–water partition coefficient (Wildman–Crippen LogP) is 1.19. The van der Waals surface area contributed by atoms with Gasteiger partial charge in [-0.2, -0.15) is 0 Å². The summed E-state index contributed by atoms with van der Waals surface area (Å²) in [5, 5.41) is 16.8. The SMILES string of the molecule is CNc1cc(NC2(CO)CCOCC2)nc(SC)n1.